The van der Waals surface area contributed by atoms with Crippen LogP contribution in [0, 0.1) is 23.4 Å². The van der Waals surface area contributed by atoms with Crippen molar-refractivity contribution in [2.45, 2.75) is 18.2 Å². The molecule has 2 heterocycles. The lowest BCUT2D eigenvalue weighted by molar-refractivity contribution is -0.134. The Morgan fingerprint density at radius 2 is 2.07 bits per heavy atom. The minimum Gasteiger partial charge on any atom is -0.493 e. The first-order valence-electron chi connectivity index (χ1n) is 9.03. The molecule has 2 aromatic rings. The van der Waals surface area contributed by atoms with Gasteiger partial charge in [0.15, 0.2) is 16.5 Å². The molecule has 29 heavy (non-hydrogen) atoms. The molecule has 9 heteroatoms. The van der Waals surface area contributed by atoms with Gasteiger partial charge in [-0.3, -0.25) is 4.79 Å². The van der Waals surface area contributed by atoms with Crippen molar-refractivity contribution in [2.75, 3.05) is 13.2 Å². The topological polar surface area (TPSA) is 67.9 Å². The number of benzene rings is 2. The SMILES string of the molecule is CC(=O)N1N=C(c2ccc(F)c(F)c2)SC12c1cc(F)ccc1OCC2CCN. The zero-order valence-corrected chi connectivity index (χ0v) is 16.3. The minimum absolute atomic E-state index is 0.257. The van der Waals surface area contributed by atoms with Crippen LogP contribution in [-0.2, 0) is 9.67 Å². The summed E-state index contributed by atoms with van der Waals surface area (Å²) >= 11 is 1.20. The first-order valence-corrected chi connectivity index (χ1v) is 9.85. The Kier molecular flexibility index (Phi) is 5.04. The summed E-state index contributed by atoms with van der Waals surface area (Å²) in [4.78, 5) is 11.5. The van der Waals surface area contributed by atoms with Crippen molar-refractivity contribution in [3.63, 3.8) is 0 Å². The highest BCUT2D eigenvalue weighted by Gasteiger charge is 2.56. The number of nitrogens with zero attached hydrogens (tertiary/aromatic N) is 2. The number of carbonyl (C=O) groups excluding carboxylic acids is 1. The molecule has 0 aromatic heterocycles. The largest absolute Gasteiger partial charge is 0.493 e. The summed E-state index contributed by atoms with van der Waals surface area (Å²) < 4.78 is 47.2. The second kappa shape index (κ2) is 7.38. The molecule has 0 saturated carbocycles. The molecule has 1 amide bonds. The Bertz CT molecular complexity index is 1020. The Labute approximate surface area is 169 Å². The maximum absolute atomic E-state index is 14.2. The van der Waals surface area contributed by atoms with E-state index >= 15 is 0 Å². The molecule has 0 saturated heterocycles. The van der Waals surface area contributed by atoms with Gasteiger partial charge in [0.25, 0.3) is 0 Å². The highest BCUT2D eigenvalue weighted by molar-refractivity contribution is 8.15. The van der Waals surface area contributed by atoms with E-state index in [1.807, 2.05) is 0 Å². The van der Waals surface area contributed by atoms with Crippen LogP contribution >= 0.6 is 11.8 Å². The minimum atomic E-state index is -1.10. The third-order valence-electron chi connectivity index (χ3n) is 5.06. The normalized spacial score (nSPS) is 23.0. The van der Waals surface area contributed by atoms with E-state index in [2.05, 4.69) is 5.10 Å². The van der Waals surface area contributed by atoms with Gasteiger partial charge < -0.3 is 10.5 Å². The standard InChI is InChI=1S/C20H18F3N3O2S/c1-11(27)26-20(29-19(25-26)12-2-4-16(22)17(23)8-12)13(6-7-24)10-28-18-5-3-14(21)9-15(18)20/h2-5,8-9,13H,6-7,10,24H2,1H3. The molecule has 2 unspecified atom stereocenters. The number of halogens is 3. The van der Waals surface area contributed by atoms with Crippen LogP contribution in [0.4, 0.5) is 13.2 Å². The Morgan fingerprint density at radius 3 is 2.76 bits per heavy atom. The average molecular weight is 421 g/mol. The lowest BCUT2D eigenvalue weighted by atomic mass is 9.86. The molecule has 5 nitrogen and oxygen atoms in total. The highest BCUT2D eigenvalue weighted by atomic mass is 32.2. The highest BCUT2D eigenvalue weighted by Crippen LogP contribution is 2.57. The lowest BCUT2D eigenvalue weighted by Crippen LogP contribution is -2.51. The van der Waals surface area contributed by atoms with Crippen LogP contribution in [0.3, 0.4) is 0 Å². The van der Waals surface area contributed by atoms with Crippen molar-refractivity contribution in [1.82, 2.24) is 5.01 Å². The quantitative estimate of drug-likeness (QED) is 0.823. The van der Waals surface area contributed by atoms with Crippen LogP contribution in [0.1, 0.15) is 24.5 Å². The van der Waals surface area contributed by atoms with E-state index in [0.717, 1.165) is 12.1 Å². The fourth-order valence-corrected chi connectivity index (χ4v) is 5.30. The van der Waals surface area contributed by atoms with Crippen LogP contribution in [0.25, 0.3) is 0 Å². The first kappa shape index (κ1) is 19.8. The zero-order chi connectivity index (χ0) is 20.8. The summed E-state index contributed by atoms with van der Waals surface area (Å²) in [6.45, 7) is 1.94. The summed E-state index contributed by atoms with van der Waals surface area (Å²) in [5.74, 6) is -2.69. The predicted octanol–water partition coefficient (Wildman–Crippen LogP) is 3.57. The van der Waals surface area contributed by atoms with E-state index in [9.17, 15) is 18.0 Å². The molecule has 0 radical (unpaired) electrons. The Balaban J connectivity index is 1.89. The van der Waals surface area contributed by atoms with Gasteiger partial charge in [0.05, 0.1) is 6.61 Å². The third kappa shape index (κ3) is 3.18. The molecule has 2 aromatic carbocycles. The zero-order valence-electron chi connectivity index (χ0n) is 15.5. The maximum atomic E-state index is 14.2. The molecule has 4 rings (SSSR count). The maximum Gasteiger partial charge on any atom is 0.241 e. The third-order valence-corrected chi connectivity index (χ3v) is 6.61. The number of nitrogens with two attached hydrogens (primary N) is 1. The molecule has 2 aliphatic rings. The van der Waals surface area contributed by atoms with Gasteiger partial charge in [-0.15, -0.1) is 0 Å². The van der Waals surface area contributed by atoms with E-state index in [-0.39, 0.29) is 18.4 Å². The number of amides is 1. The van der Waals surface area contributed by atoms with E-state index in [0.29, 0.717) is 34.9 Å². The summed E-state index contributed by atoms with van der Waals surface area (Å²) in [7, 11) is 0. The van der Waals surface area contributed by atoms with Gasteiger partial charge in [0, 0.05) is 24.0 Å². The summed E-state index contributed by atoms with van der Waals surface area (Å²) in [5, 5.41) is 6.04. The van der Waals surface area contributed by atoms with Gasteiger partial charge in [-0.25, -0.2) is 18.2 Å². The number of hydrazone groups is 1. The van der Waals surface area contributed by atoms with Crippen molar-refractivity contribution >= 4 is 22.7 Å². The van der Waals surface area contributed by atoms with Crippen LogP contribution < -0.4 is 10.5 Å². The Hall–Kier alpha value is -2.52. The second-order valence-electron chi connectivity index (χ2n) is 6.89. The van der Waals surface area contributed by atoms with Gasteiger partial charge in [0.1, 0.15) is 16.6 Å². The molecule has 152 valence electrons. The number of carbonyl (C=O) groups is 1. The molecule has 0 fully saturated rings. The number of thioether (sulfide) groups is 1. The molecule has 0 bridgehead atoms. The van der Waals surface area contributed by atoms with Gasteiger partial charge in [-0.2, -0.15) is 5.10 Å². The lowest BCUT2D eigenvalue weighted by Gasteiger charge is -2.45. The van der Waals surface area contributed by atoms with E-state index in [1.165, 1.54) is 48.0 Å². The van der Waals surface area contributed by atoms with Crippen LogP contribution in [0.5, 0.6) is 5.75 Å². The van der Waals surface area contributed by atoms with Crippen molar-refractivity contribution in [3.8, 4) is 5.75 Å². The molecule has 2 atom stereocenters. The fourth-order valence-electron chi connectivity index (χ4n) is 3.76. The molecule has 0 aliphatic carbocycles. The Morgan fingerprint density at radius 1 is 1.28 bits per heavy atom. The van der Waals surface area contributed by atoms with E-state index in [1.54, 1.807) is 0 Å². The second-order valence-corrected chi connectivity index (χ2v) is 8.10. The smallest absolute Gasteiger partial charge is 0.241 e. The summed E-state index contributed by atoms with van der Waals surface area (Å²) in [6.07, 6.45) is 0.493. The summed E-state index contributed by atoms with van der Waals surface area (Å²) in [5.41, 5.74) is 6.58. The van der Waals surface area contributed by atoms with Crippen molar-refractivity contribution in [1.29, 1.82) is 0 Å². The van der Waals surface area contributed by atoms with E-state index < -0.39 is 22.3 Å². The molecule has 2 aliphatic heterocycles. The first-order chi connectivity index (χ1) is 13.9. The molecule has 2 N–H and O–H groups in total. The van der Waals surface area contributed by atoms with Gasteiger partial charge in [-0.05, 0) is 49.4 Å². The van der Waals surface area contributed by atoms with Gasteiger partial charge in [-0.1, -0.05) is 11.8 Å². The van der Waals surface area contributed by atoms with Gasteiger partial charge in [0.2, 0.25) is 5.91 Å². The van der Waals surface area contributed by atoms with Crippen molar-refractivity contribution in [2.24, 2.45) is 16.8 Å². The van der Waals surface area contributed by atoms with Gasteiger partial charge >= 0.3 is 0 Å². The fraction of sp³-hybridized carbons (Fsp3) is 0.300. The number of fused-ring (bicyclic) bond motifs is 2. The summed E-state index contributed by atoms with van der Waals surface area (Å²) in [6, 6.07) is 7.55. The average Bonchev–Trinajstić information content (AvgIpc) is 3.08. The molecular weight excluding hydrogens is 403 g/mol. The predicted molar refractivity (Wildman–Crippen MR) is 104 cm³/mol. The molecule has 1 spiro atoms. The van der Waals surface area contributed by atoms with Crippen molar-refractivity contribution < 1.29 is 22.7 Å². The van der Waals surface area contributed by atoms with Crippen LogP contribution in [-0.4, -0.2) is 29.1 Å². The van der Waals surface area contributed by atoms with Crippen molar-refractivity contribution in [3.05, 3.63) is 65.0 Å². The van der Waals surface area contributed by atoms with Crippen LogP contribution in [0.15, 0.2) is 41.5 Å². The number of rotatable bonds is 3. The van der Waals surface area contributed by atoms with Crippen LogP contribution in [0.2, 0.25) is 0 Å². The number of ether oxygens (including phenoxy) is 1. The van der Waals surface area contributed by atoms with E-state index in [4.69, 9.17) is 10.5 Å². The monoisotopic (exact) mass is 421 g/mol. The number of hydrogen-bond acceptors (Lipinski definition) is 5. The molecular formula is C20H18F3N3O2S. The number of hydrogen-bond donors (Lipinski definition) is 1.